The van der Waals surface area contributed by atoms with Crippen LogP contribution in [0.1, 0.15) is 28.8 Å². The highest BCUT2D eigenvalue weighted by Gasteiger charge is 2.19. The number of carbonyl (C=O) groups excluding carboxylic acids is 1. The summed E-state index contributed by atoms with van der Waals surface area (Å²) in [7, 11) is 1.36. The van der Waals surface area contributed by atoms with Crippen LogP contribution < -0.4 is 4.74 Å². The van der Waals surface area contributed by atoms with Crippen LogP contribution in [0.15, 0.2) is 34.7 Å². The van der Waals surface area contributed by atoms with Gasteiger partial charge in [0.05, 0.1) is 12.7 Å². The Morgan fingerprint density at radius 2 is 2.11 bits per heavy atom. The van der Waals surface area contributed by atoms with Crippen LogP contribution in [0.5, 0.6) is 5.75 Å². The van der Waals surface area contributed by atoms with Crippen LogP contribution in [0.3, 0.4) is 0 Å². The van der Waals surface area contributed by atoms with E-state index in [2.05, 4.69) is 0 Å². The van der Waals surface area contributed by atoms with E-state index in [1.807, 2.05) is 6.92 Å². The lowest BCUT2D eigenvalue weighted by molar-refractivity contribution is 0.100. The number of benzene rings is 1. The van der Waals surface area contributed by atoms with Crippen LogP contribution in [-0.2, 0) is 6.42 Å². The molecule has 0 unspecified atom stereocenters. The Bertz CT molecular complexity index is 572. The quantitative estimate of drug-likeness (QED) is 0.780. The molecule has 0 saturated heterocycles. The molecule has 0 atom stereocenters. The molecule has 0 bridgehead atoms. The van der Waals surface area contributed by atoms with Gasteiger partial charge in [0.1, 0.15) is 5.76 Å². The lowest BCUT2D eigenvalue weighted by Gasteiger charge is -2.05. The molecule has 1 aromatic carbocycles. The van der Waals surface area contributed by atoms with Crippen molar-refractivity contribution in [3.63, 3.8) is 0 Å². The smallest absolute Gasteiger partial charge is 0.231 e. The topological polar surface area (TPSA) is 39.4 Å². The third-order valence-electron chi connectivity index (χ3n) is 2.66. The summed E-state index contributed by atoms with van der Waals surface area (Å²) < 4.78 is 24.1. The minimum Gasteiger partial charge on any atom is -0.494 e. The van der Waals surface area contributed by atoms with E-state index < -0.39 is 11.6 Å². The SMILES string of the molecule is CCc1ccc(C(=O)c2cccc(OC)c2F)o1. The number of furan rings is 1. The first-order valence-corrected chi connectivity index (χ1v) is 5.63. The summed E-state index contributed by atoms with van der Waals surface area (Å²) in [5.41, 5.74) is -0.0497. The number of hydrogen-bond acceptors (Lipinski definition) is 3. The first-order chi connectivity index (χ1) is 8.67. The monoisotopic (exact) mass is 248 g/mol. The standard InChI is InChI=1S/C14H13FO3/c1-3-9-7-8-12(18-9)14(16)10-5-4-6-11(17-2)13(10)15/h4-8H,3H2,1-2H3. The highest BCUT2D eigenvalue weighted by atomic mass is 19.1. The van der Waals surface area contributed by atoms with Crippen molar-refractivity contribution in [3.05, 3.63) is 53.2 Å². The van der Waals surface area contributed by atoms with Gasteiger partial charge >= 0.3 is 0 Å². The molecule has 3 nitrogen and oxygen atoms in total. The third-order valence-corrected chi connectivity index (χ3v) is 2.66. The van der Waals surface area contributed by atoms with Crippen LogP contribution in [0.2, 0.25) is 0 Å². The highest BCUT2D eigenvalue weighted by molar-refractivity contribution is 6.07. The number of ketones is 1. The van der Waals surface area contributed by atoms with Crippen LogP contribution in [-0.4, -0.2) is 12.9 Å². The van der Waals surface area contributed by atoms with Gasteiger partial charge in [-0.15, -0.1) is 0 Å². The largest absolute Gasteiger partial charge is 0.494 e. The van der Waals surface area contributed by atoms with E-state index in [1.165, 1.54) is 19.2 Å². The average molecular weight is 248 g/mol. The van der Waals surface area contributed by atoms with Crippen molar-refractivity contribution in [2.45, 2.75) is 13.3 Å². The minimum atomic E-state index is -0.667. The Hall–Kier alpha value is -2.10. The number of methoxy groups -OCH3 is 1. The van der Waals surface area contributed by atoms with E-state index in [0.717, 1.165) is 0 Å². The van der Waals surface area contributed by atoms with Crippen molar-refractivity contribution in [3.8, 4) is 5.75 Å². The van der Waals surface area contributed by atoms with Gasteiger partial charge in [-0.05, 0) is 24.3 Å². The van der Waals surface area contributed by atoms with Gasteiger partial charge in [-0.3, -0.25) is 4.79 Å². The van der Waals surface area contributed by atoms with Crippen molar-refractivity contribution in [2.24, 2.45) is 0 Å². The zero-order chi connectivity index (χ0) is 13.1. The second-order valence-electron chi connectivity index (χ2n) is 3.77. The number of hydrogen-bond donors (Lipinski definition) is 0. The van der Waals surface area contributed by atoms with Gasteiger partial charge in [0.25, 0.3) is 0 Å². The van der Waals surface area contributed by atoms with Crippen LogP contribution in [0.4, 0.5) is 4.39 Å². The molecular formula is C14H13FO3. The summed E-state index contributed by atoms with van der Waals surface area (Å²) in [6.07, 6.45) is 0.688. The molecule has 0 radical (unpaired) electrons. The second-order valence-corrected chi connectivity index (χ2v) is 3.77. The Labute approximate surface area is 104 Å². The fraction of sp³-hybridized carbons (Fsp3) is 0.214. The molecule has 94 valence electrons. The molecule has 0 aliphatic carbocycles. The van der Waals surface area contributed by atoms with Crippen molar-refractivity contribution in [2.75, 3.05) is 7.11 Å². The molecule has 0 amide bonds. The number of ether oxygens (including phenoxy) is 1. The molecule has 0 saturated carbocycles. The normalized spacial score (nSPS) is 10.4. The van der Waals surface area contributed by atoms with Crippen molar-refractivity contribution >= 4 is 5.78 Å². The molecule has 1 aromatic heterocycles. The summed E-state index contributed by atoms with van der Waals surface area (Å²) in [5.74, 6) is -0.269. The summed E-state index contributed by atoms with van der Waals surface area (Å²) >= 11 is 0. The Morgan fingerprint density at radius 1 is 1.33 bits per heavy atom. The molecule has 0 spiro atoms. The predicted octanol–water partition coefficient (Wildman–Crippen LogP) is 3.22. The zero-order valence-electron chi connectivity index (χ0n) is 10.2. The number of halogens is 1. The van der Waals surface area contributed by atoms with E-state index in [-0.39, 0.29) is 17.1 Å². The van der Waals surface area contributed by atoms with E-state index in [4.69, 9.17) is 9.15 Å². The number of aryl methyl sites for hydroxylation is 1. The maximum Gasteiger partial charge on any atom is 0.231 e. The molecule has 2 aromatic rings. The minimum absolute atomic E-state index is 0.0446. The molecule has 1 heterocycles. The van der Waals surface area contributed by atoms with Gasteiger partial charge in [0, 0.05) is 6.42 Å². The second kappa shape index (κ2) is 5.04. The van der Waals surface area contributed by atoms with Crippen molar-refractivity contribution < 1.29 is 18.3 Å². The van der Waals surface area contributed by atoms with E-state index >= 15 is 0 Å². The van der Waals surface area contributed by atoms with Gasteiger partial charge in [-0.25, -0.2) is 4.39 Å². The van der Waals surface area contributed by atoms with Crippen LogP contribution >= 0.6 is 0 Å². The first kappa shape index (κ1) is 12.4. The Morgan fingerprint density at radius 3 is 2.72 bits per heavy atom. The van der Waals surface area contributed by atoms with Crippen molar-refractivity contribution in [1.82, 2.24) is 0 Å². The molecule has 18 heavy (non-hydrogen) atoms. The molecule has 0 aliphatic rings. The molecular weight excluding hydrogens is 235 g/mol. The average Bonchev–Trinajstić information content (AvgIpc) is 2.87. The van der Waals surface area contributed by atoms with E-state index in [1.54, 1.807) is 18.2 Å². The van der Waals surface area contributed by atoms with Crippen LogP contribution in [0.25, 0.3) is 0 Å². The van der Waals surface area contributed by atoms with E-state index in [0.29, 0.717) is 12.2 Å². The number of rotatable bonds is 4. The predicted molar refractivity (Wildman–Crippen MR) is 64.5 cm³/mol. The lowest BCUT2D eigenvalue weighted by atomic mass is 10.1. The third kappa shape index (κ3) is 2.14. The van der Waals surface area contributed by atoms with Gasteiger partial charge < -0.3 is 9.15 Å². The van der Waals surface area contributed by atoms with Crippen molar-refractivity contribution in [1.29, 1.82) is 0 Å². The fourth-order valence-corrected chi connectivity index (χ4v) is 1.67. The van der Waals surface area contributed by atoms with Crippen LogP contribution in [0, 0.1) is 5.82 Å². The summed E-state index contributed by atoms with van der Waals surface area (Å²) in [6.45, 7) is 1.92. The maximum absolute atomic E-state index is 13.9. The zero-order valence-corrected chi connectivity index (χ0v) is 10.2. The molecule has 0 fully saturated rings. The first-order valence-electron chi connectivity index (χ1n) is 5.63. The Balaban J connectivity index is 2.39. The van der Waals surface area contributed by atoms with Gasteiger partial charge in [0.15, 0.2) is 17.3 Å². The fourth-order valence-electron chi connectivity index (χ4n) is 1.67. The Kier molecular flexibility index (Phi) is 3.46. The summed E-state index contributed by atoms with van der Waals surface area (Å²) in [6, 6.07) is 7.71. The maximum atomic E-state index is 13.9. The van der Waals surface area contributed by atoms with E-state index in [9.17, 15) is 9.18 Å². The summed E-state index contributed by atoms with van der Waals surface area (Å²) in [5, 5.41) is 0. The molecule has 2 rings (SSSR count). The lowest BCUT2D eigenvalue weighted by Crippen LogP contribution is -2.04. The molecule has 0 N–H and O–H groups in total. The van der Waals surface area contributed by atoms with Gasteiger partial charge in [-0.1, -0.05) is 13.0 Å². The molecule has 4 heteroatoms. The van der Waals surface area contributed by atoms with Gasteiger partial charge in [0.2, 0.25) is 5.78 Å². The highest BCUT2D eigenvalue weighted by Crippen LogP contribution is 2.23. The summed E-state index contributed by atoms with van der Waals surface area (Å²) in [4.78, 5) is 12.1. The molecule has 0 aliphatic heterocycles. The number of carbonyl (C=O) groups is 1. The van der Waals surface area contributed by atoms with Gasteiger partial charge in [-0.2, -0.15) is 0 Å².